The maximum atomic E-state index is 11.3. The quantitative estimate of drug-likeness (QED) is 0.793. The number of aryl methyl sites for hydroxylation is 1. The van der Waals surface area contributed by atoms with Gasteiger partial charge in [-0.1, -0.05) is 13.8 Å². The highest BCUT2D eigenvalue weighted by molar-refractivity contribution is 5.73. The van der Waals surface area contributed by atoms with Gasteiger partial charge in [0.1, 0.15) is 11.6 Å². The average Bonchev–Trinajstić information content (AvgIpc) is 2.33. The molecule has 0 aliphatic carbocycles. The van der Waals surface area contributed by atoms with Crippen LogP contribution in [0.4, 0.5) is 10.6 Å². The number of hydrogen-bond donors (Lipinski definition) is 2. The minimum absolute atomic E-state index is 0.0939. The Bertz CT molecular complexity index is 431. The van der Waals surface area contributed by atoms with Crippen LogP contribution in [-0.2, 0) is 0 Å². The summed E-state index contributed by atoms with van der Waals surface area (Å²) in [6, 6.07) is 1.81. The fourth-order valence-corrected chi connectivity index (χ4v) is 1.46. The molecule has 0 unspecified atom stereocenters. The summed E-state index contributed by atoms with van der Waals surface area (Å²) in [5.74, 6) is 1.93. The molecule has 0 aromatic carbocycles. The molecule has 0 atom stereocenters. The van der Waals surface area contributed by atoms with E-state index >= 15 is 0 Å². The average molecular weight is 265 g/mol. The maximum Gasteiger partial charge on any atom is 0.316 e. The van der Waals surface area contributed by atoms with Crippen molar-refractivity contribution in [2.45, 2.75) is 26.7 Å². The second-order valence-electron chi connectivity index (χ2n) is 4.96. The van der Waals surface area contributed by atoms with E-state index in [9.17, 15) is 4.79 Å². The smallest absolute Gasteiger partial charge is 0.316 e. The second kappa shape index (κ2) is 6.92. The Morgan fingerprint density at radius 2 is 2.00 bits per heavy atom. The molecule has 1 heterocycles. The number of rotatable bonds is 5. The molecule has 106 valence electrons. The van der Waals surface area contributed by atoms with Gasteiger partial charge in [-0.3, -0.25) is 0 Å². The van der Waals surface area contributed by atoms with Crippen molar-refractivity contribution in [2.24, 2.45) is 0 Å². The summed E-state index contributed by atoms with van der Waals surface area (Å²) in [6.07, 6.45) is 0. The summed E-state index contributed by atoms with van der Waals surface area (Å²) in [5.41, 5.74) is 0.943. The number of aromatic nitrogens is 2. The van der Waals surface area contributed by atoms with Crippen molar-refractivity contribution in [3.8, 4) is 0 Å². The fourth-order valence-electron chi connectivity index (χ4n) is 1.46. The van der Waals surface area contributed by atoms with E-state index in [1.54, 1.807) is 14.1 Å². The molecule has 0 radical (unpaired) electrons. The van der Waals surface area contributed by atoms with Gasteiger partial charge in [-0.05, 0) is 6.92 Å². The Morgan fingerprint density at radius 3 is 2.58 bits per heavy atom. The van der Waals surface area contributed by atoms with E-state index in [0.29, 0.717) is 19.0 Å². The Hall–Kier alpha value is -1.85. The summed E-state index contributed by atoms with van der Waals surface area (Å²) in [4.78, 5) is 21.6. The molecule has 0 saturated carbocycles. The van der Waals surface area contributed by atoms with Gasteiger partial charge < -0.3 is 15.5 Å². The van der Waals surface area contributed by atoms with Gasteiger partial charge in [0.25, 0.3) is 0 Å². The first-order valence-electron chi connectivity index (χ1n) is 6.44. The van der Waals surface area contributed by atoms with Crippen molar-refractivity contribution in [1.82, 2.24) is 20.2 Å². The molecular formula is C13H23N5O. The Morgan fingerprint density at radius 1 is 1.32 bits per heavy atom. The Balaban J connectivity index is 2.47. The molecule has 0 aliphatic heterocycles. The van der Waals surface area contributed by atoms with Gasteiger partial charge in [0.15, 0.2) is 0 Å². The van der Waals surface area contributed by atoms with Gasteiger partial charge in [0.2, 0.25) is 0 Å². The number of carbonyl (C=O) groups is 1. The van der Waals surface area contributed by atoms with Crippen LogP contribution in [0.5, 0.6) is 0 Å². The largest absolute Gasteiger partial charge is 0.368 e. The van der Waals surface area contributed by atoms with Gasteiger partial charge >= 0.3 is 6.03 Å². The van der Waals surface area contributed by atoms with E-state index in [4.69, 9.17) is 0 Å². The zero-order valence-corrected chi connectivity index (χ0v) is 12.3. The number of nitrogens with zero attached hydrogens (tertiary/aromatic N) is 3. The van der Waals surface area contributed by atoms with Crippen LogP contribution in [0, 0.1) is 6.92 Å². The van der Waals surface area contributed by atoms with Gasteiger partial charge in [-0.25, -0.2) is 14.8 Å². The first-order valence-corrected chi connectivity index (χ1v) is 6.44. The highest BCUT2D eigenvalue weighted by Gasteiger charge is 2.06. The second-order valence-corrected chi connectivity index (χ2v) is 4.96. The molecule has 6 heteroatoms. The van der Waals surface area contributed by atoms with Gasteiger partial charge in [0, 0.05) is 44.9 Å². The molecule has 0 aliphatic rings. The number of amides is 2. The van der Waals surface area contributed by atoms with Crippen molar-refractivity contribution in [1.29, 1.82) is 0 Å². The minimum atomic E-state index is -0.0939. The summed E-state index contributed by atoms with van der Waals surface area (Å²) in [5, 5.41) is 5.98. The summed E-state index contributed by atoms with van der Waals surface area (Å²) in [6.45, 7) is 7.27. The Labute approximate surface area is 114 Å². The molecule has 2 N–H and O–H groups in total. The Kier molecular flexibility index (Phi) is 5.54. The summed E-state index contributed by atoms with van der Waals surface area (Å²) in [7, 11) is 3.43. The molecule has 1 aromatic rings. The van der Waals surface area contributed by atoms with E-state index in [1.807, 2.05) is 13.0 Å². The molecule has 1 rings (SSSR count). The van der Waals surface area contributed by atoms with Crippen LogP contribution in [0.3, 0.4) is 0 Å². The van der Waals surface area contributed by atoms with Crippen molar-refractivity contribution >= 4 is 11.8 Å². The molecule has 6 nitrogen and oxygen atoms in total. The molecule has 0 bridgehead atoms. The van der Waals surface area contributed by atoms with Crippen LogP contribution < -0.4 is 10.6 Å². The molecule has 0 fully saturated rings. The summed E-state index contributed by atoms with van der Waals surface area (Å²) >= 11 is 0. The van der Waals surface area contributed by atoms with Crippen LogP contribution in [0.15, 0.2) is 6.07 Å². The highest BCUT2D eigenvalue weighted by atomic mass is 16.2. The number of urea groups is 1. The lowest BCUT2D eigenvalue weighted by atomic mass is 10.2. The van der Waals surface area contributed by atoms with Crippen LogP contribution in [0.1, 0.15) is 31.3 Å². The minimum Gasteiger partial charge on any atom is -0.368 e. The lowest BCUT2D eigenvalue weighted by molar-refractivity contribution is 0.218. The molecule has 2 amide bonds. The van der Waals surface area contributed by atoms with Gasteiger partial charge in [0.05, 0.1) is 0 Å². The number of anilines is 1. The lowest BCUT2D eigenvalue weighted by Gasteiger charge is -2.13. The normalized spacial score (nSPS) is 10.4. The van der Waals surface area contributed by atoms with E-state index in [0.717, 1.165) is 17.3 Å². The zero-order valence-electron chi connectivity index (χ0n) is 12.3. The van der Waals surface area contributed by atoms with Gasteiger partial charge in [-0.2, -0.15) is 0 Å². The SMILES string of the molecule is Cc1cc(NCCNC(=O)N(C)C)nc(C(C)C)n1. The predicted molar refractivity (Wildman–Crippen MR) is 76.4 cm³/mol. The van der Waals surface area contributed by atoms with Crippen molar-refractivity contribution in [3.05, 3.63) is 17.6 Å². The third-order valence-corrected chi connectivity index (χ3v) is 2.50. The first-order chi connectivity index (χ1) is 8.90. The van der Waals surface area contributed by atoms with E-state index in [2.05, 4.69) is 34.4 Å². The van der Waals surface area contributed by atoms with Crippen LogP contribution >= 0.6 is 0 Å². The van der Waals surface area contributed by atoms with Gasteiger partial charge in [-0.15, -0.1) is 0 Å². The standard InChI is InChI=1S/C13H23N5O/c1-9(2)12-16-10(3)8-11(17-12)14-6-7-15-13(19)18(4)5/h8-9H,6-7H2,1-5H3,(H,15,19)(H,14,16,17). The molecule has 19 heavy (non-hydrogen) atoms. The van der Waals surface area contributed by atoms with E-state index in [1.165, 1.54) is 4.90 Å². The van der Waals surface area contributed by atoms with Crippen molar-refractivity contribution in [3.63, 3.8) is 0 Å². The third kappa shape index (κ3) is 5.11. The molecule has 0 spiro atoms. The maximum absolute atomic E-state index is 11.3. The van der Waals surface area contributed by atoms with E-state index in [-0.39, 0.29) is 6.03 Å². The van der Waals surface area contributed by atoms with E-state index < -0.39 is 0 Å². The van der Waals surface area contributed by atoms with Crippen molar-refractivity contribution in [2.75, 3.05) is 32.5 Å². The molecule has 0 saturated heterocycles. The van der Waals surface area contributed by atoms with Crippen LogP contribution in [0.25, 0.3) is 0 Å². The van der Waals surface area contributed by atoms with Crippen LogP contribution in [-0.4, -0.2) is 48.1 Å². The zero-order chi connectivity index (χ0) is 14.4. The number of hydrogen-bond acceptors (Lipinski definition) is 4. The third-order valence-electron chi connectivity index (χ3n) is 2.50. The first kappa shape index (κ1) is 15.2. The lowest BCUT2D eigenvalue weighted by Crippen LogP contribution is -2.37. The monoisotopic (exact) mass is 265 g/mol. The van der Waals surface area contributed by atoms with Crippen LogP contribution in [0.2, 0.25) is 0 Å². The fraction of sp³-hybridized carbons (Fsp3) is 0.615. The highest BCUT2D eigenvalue weighted by Crippen LogP contribution is 2.13. The predicted octanol–water partition coefficient (Wildman–Crippen LogP) is 1.59. The summed E-state index contributed by atoms with van der Waals surface area (Å²) < 4.78 is 0. The molecular weight excluding hydrogens is 242 g/mol. The molecule has 1 aromatic heterocycles. The number of carbonyl (C=O) groups excluding carboxylic acids is 1. The topological polar surface area (TPSA) is 70.2 Å². The number of nitrogens with one attached hydrogen (secondary N) is 2. The van der Waals surface area contributed by atoms with Crippen molar-refractivity contribution < 1.29 is 4.79 Å².